The van der Waals surface area contributed by atoms with Crippen LogP contribution in [0.15, 0.2) is 18.2 Å². The SMILES string of the molecule is COC(=O)c1c(I)c(NC(=O)c2cc(C(=O)Nc3c(I)c(C(=O)OC)c(I)c(C(=O)OC)c3I)cc(C(=O)Nc3c(I)c(C(=O)OC)c(I)c(C(=O)OC)c3I)c2)c(I)c(C(=O)OC)c1I. The summed E-state index contributed by atoms with van der Waals surface area (Å²) >= 11 is 16.3. The maximum Gasteiger partial charge on any atom is 0.340 e. The minimum absolute atomic E-state index is 0.00868. The molecule has 0 aliphatic carbocycles. The van der Waals surface area contributed by atoms with Crippen LogP contribution in [0, 0.1) is 32.1 Å². The molecule has 0 saturated heterocycles. The fraction of sp³-hybridized carbons (Fsp3) is 0.154. The first-order valence-corrected chi connectivity index (χ1v) is 26.9. The number of carbonyl (C=O) groups is 9. The number of methoxy groups -OCH3 is 6. The summed E-state index contributed by atoms with van der Waals surface area (Å²) in [6.45, 7) is 0. The molecule has 348 valence electrons. The molecule has 4 aromatic rings. The number of carbonyl (C=O) groups excluding carboxylic acids is 9. The number of hydrogen-bond acceptors (Lipinski definition) is 15. The third-order valence-corrected chi connectivity index (χ3v) is 18.4. The summed E-state index contributed by atoms with van der Waals surface area (Å²) in [4.78, 5) is 121. The third-order valence-electron chi connectivity index (χ3n) is 8.72. The molecule has 4 aromatic carbocycles. The van der Waals surface area contributed by atoms with Crippen molar-refractivity contribution in [3.8, 4) is 0 Å². The minimum Gasteiger partial charge on any atom is -0.465 e. The predicted octanol–water partition coefficient (Wildman–Crippen LogP) is 9.60. The Kier molecular flexibility index (Phi) is 21.4. The molecule has 0 aliphatic rings. The Bertz CT molecular complexity index is 2400. The van der Waals surface area contributed by atoms with Crippen molar-refractivity contribution >= 4 is 274 Å². The monoisotopic (exact) mass is 1920 g/mol. The van der Waals surface area contributed by atoms with E-state index in [-0.39, 0.29) is 99.3 Å². The first-order valence-electron chi connectivity index (χ1n) is 17.2. The quantitative estimate of drug-likeness (QED) is 0.0679. The van der Waals surface area contributed by atoms with Crippen molar-refractivity contribution in [3.63, 3.8) is 0 Å². The molecule has 0 aliphatic heterocycles. The minimum atomic E-state index is -0.930. The van der Waals surface area contributed by atoms with Crippen molar-refractivity contribution in [2.45, 2.75) is 0 Å². The van der Waals surface area contributed by atoms with Crippen molar-refractivity contribution < 1.29 is 71.6 Å². The number of hydrogen-bond donors (Lipinski definition) is 3. The molecular weight excluding hydrogens is 1890 g/mol. The summed E-state index contributed by atoms with van der Waals surface area (Å²) < 4.78 is 31.5. The van der Waals surface area contributed by atoms with Crippen LogP contribution in [0.3, 0.4) is 0 Å². The largest absolute Gasteiger partial charge is 0.465 e. The third kappa shape index (κ3) is 11.7. The van der Waals surface area contributed by atoms with E-state index >= 15 is 0 Å². The second kappa shape index (κ2) is 24.7. The normalized spacial score (nSPS) is 10.6. The van der Waals surface area contributed by atoms with E-state index in [1.165, 1.54) is 0 Å². The highest BCUT2D eigenvalue weighted by Crippen LogP contribution is 2.40. The highest BCUT2D eigenvalue weighted by molar-refractivity contribution is 14.1. The number of ether oxygens (including phenoxy) is 6. The Morgan fingerprint density at radius 1 is 0.303 bits per heavy atom. The van der Waals surface area contributed by atoms with Gasteiger partial charge in [-0.05, 0) is 222 Å². The summed E-state index contributed by atoms with van der Waals surface area (Å²) in [6, 6.07) is 3.44. The molecule has 0 aromatic heterocycles. The van der Waals surface area contributed by atoms with Crippen LogP contribution < -0.4 is 16.0 Å². The molecular formula is C39H24I9N3O15. The Balaban J connectivity index is 2.03. The van der Waals surface area contributed by atoms with Crippen LogP contribution in [0.4, 0.5) is 17.1 Å². The summed E-state index contributed by atoms with van der Waals surface area (Å²) in [7, 11) is 6.84. The van der Waals surface area contributed by atoms with Crippen molar-refractivity contribution in [1.82, 2.24) is 0 Å². The number of rotatable bonds is 12. The average molecular weight is 1920 g/mol. The van der Waals surface area contributed by atoms with Gasteiger partial charge < -0.3 is 44.4 Å². The van der Waals surface area contributed by atoms with Crippen LogP contribution >= 0.6 is 203 Å². The lowest BCUT2D eigenvalue weighted by atomic mass is 10.0. The van der Waals surface area contributed by atoms with Crippen LogP contribution in [-0.2, 0) is 28.4 Å². The van der Waals surface area contributed by atoms with Crippen molar-refractivity contribution in [3.05, 3.63) is 100 Å². The van der Waals surface area contributed by atoms with Gasteiger partial charge in [-0.1, -0.05) is 0 Å². The van der Waals surface area contributed by atoms with Crippen LogP contribution in [-0.4, -0.2) is 96.2 Å². The number of nitrogens with one attached hydrogen (secondary N) is 3. The smallest absolute Gasteiger partial charge is 0.340 e. The van der Waals surface area contributed by atoms with Crippen molar-refractivity contribution in [2.75, 3.05) is 58.6 Å². The fourth-order valence-electron chi connectivity index (χ4n) is 5.59. The van der Waals surface area contributed by atoms with Gasteiger partial charge in [-0.3, -0.25) is 14.4 Å². The molecule has 18 nitrogen and oxygen atoms in total. The lowest BCUT2D eigenvalue weighted by molar-refractivity contribution is 0.0577. The first kappa shape index (κ1) is 57.3. The van der Waals surface area contributed by atoms with Crippen molar-refractivity contribution in [2.24, 2.45) is 0 Å². The molecule has 0 unspecified atom stereocenters. The van der Waals surface area contributed by atoms with Gasteiger partial charge >= 0.3 is 35.8 Å². The van der Waals surface area contributed by atoms with Crippen LogP contribution in [0.2, 0.25) is 0 Å². The van der Waals surface area contributed by atoms with E-state index in [2.05, 4.69) is 16.0 Å². The molecule has 3 amide bonds. The van der Waals surface area contributed by atoms with Gasteiger partial charge in [0, 0.05) is 27.4 Å². The van der Waals surface area contributed by atoms with Crippen LogP contribution in [0.5, 0.6) is 0 Å². The van der Waals surface area contributed by atoms with Gasteiger partial charge in [0.25, 0.3) is 17.7 Å². The van der Waals surface area contributed by atoms with Gasteiger partial charge in [-0.25, -0.2) is 28.8 Å². The Morgan fingerprint density at radius 2 is 0.455 bits per heavy atom. The number of anilines is 3. The Morgan fingerprint density at radius 3 is 0.591 bits per heavy atom. The molecule has 0 atom stereocenters. The Hall–Kier alpha value is -1.32. The topological polar surface area (TPSA) is 245 Å². The van der Waals surface area contributed by atoms with Gasteiger partial charge in [0.05, 0.1) is 115 Å². The predicted molar refractivity (Wildman–Crippen MR) is 312 cm³/mol. The zero-order valence-electron chi connectivity index (χ0n) is 33.8. The van der Waals surface area contributed by atoms with E-state index in [0.717, 1.165) is 60.9 Å². The molecule has 0 heterocycles. The standard InChI is InChI=1S/C39H24I9N3O15/c1-61-34(55)13-19(40)14(35(56)62-2)23(44)28(22(13)43)49-31(52)10-7-11(32(53)50-29-24(45)15(36(57)63-3)20(41)16(25(29)46)37(58)64-4)9-12(8-10)33(54)51-30-26(47)17(38(59)65-5)21(42)18(27(30)48)39(60)66-6/h7-9H,1-6H3,(H,49,52)(H,50,53)(H,51,54). The Labute approximate surface area is 496 Å². The molecule has 0 saturated carbocycles. The highest BCUT2D eigenvalue weighted by atomic mass is 127. The first-order chi connectivity index (χ1) is 31.0. The zero-order chi connectivity index (χ0) is 49.8. The maximum atomic E-state index is 14.4. The van der Waals surface area contributed by atoms with Gasteiger partial charge in [-0.2, -0.15) is 0 Å². The van der Waals surface area contributed by atoms with E-state index in [0.29, 0.717) is 0 Å². The number of halogens is 9. The van der Waals surface area contributed by atoms with E-state index in [4.69, 9.17) is 28.4 Å². The summed E-state index contributed by atoms with van der Waals surface area (Å²) in [5.41, 5.74) is -1.25. The van der Waals surface area contributed by atoms with E-state index < -0.39 is 53.5 Å². The van der Waals surface area contributed by atoms with Crippen LogP contribution in [0.25, 0.3) is 0 Å². The van der Waals surface area contributed by atoms with Gasteiger partial charge in [0.2, 0.25) is 0 Å². The lowest BCUT2D eigenvalue weighted by Crippen LogP contribution is -2.24. The zero-order valence-corrected chi connectivity index (χ0v) is 53.2. The maximum absolute atomic E-state index is 14.4. The molecule has 27 heteroatoms. The van der Waals surface area contributed by atoms with E-state index in [9.17, 15) is 43.2 Å². The highest BCUT2D eigenvalue weighted by Gasteiger charge is 2.34. The van der Waals surface area contributed by atoms with E-state index in [1.54, 1.807) is 67.8 Å². The lowest BCUT2D eigenvalue weighted by Gasteiger charge is -2.20. The average Bonchev–Trinajstić information content (AvgIpc) is 3.29. The fourth-order valence-corrected chi connectivity index (χ4v) is 18.5. The van der Waals surface area contributed by atoms with Gasteiger partial charge in [0.1, 0.15) is 0 Å². The molecule has 66 heavy (non-hydrogen) atoms. The second-order valence-electron chi connectivity index (χ2n) is 12.3. The number of amides is 3. The molecule has 0 spiro atoms. The van der Waals surface area contributed by atoms with Crippen molar-refractivity contribution in [1.29, 1.82) is 0 Å². The summed E-state index contributed by atoms with van der Waals surface area (Å²) in [6.07, 6.45) is 0. The van der Waals surface area contributed by atoms with Crippen LogP contribution in [0.1, 0.15) is 93.2 Å². The number of benzene rings is 4. The second-order valence-corrected chi connectivity index (χ2v) is 22.0. The van der Waals surface area contributed by atoms with Gasteiger partial charge in [0.15, 0.2) is 0 Å². The summed E-state index contributed by atoms with van der Waals surface area (Å²) in [5.74, 6) is -7.74. The molecule has 4 rings (SSSR count). The number of esters is 6. The molecule has 0 radical (unpaired) electrons. The molecule has 0 bridgehead atoms. The summed E-state index contributed by atoms with van der Waals surface area (Å²) in [5, 5.41) is 8.10. The molecule has 3 N–H and O–H groups in total. The van der Waals surface area contributed by atoms with Gasteiger partial charge in [-0.15, -0.1) is 0 Å². The van der Waals surface area contributed by atoms with E-state index in [1.807, 2.05) is 136 Å². The molecule has 0 fully saturated rings.